The van der Waals surface area contributed by atoms with Gasteiger partial charge in [-0.15, -0.1) is 11.3 Å². The minimum absolute atomic E-state index is 0.104. The number of thiazole rings is 1. The molecule has 0 spiro atoms. The fourth-order valence-electron chi connectivity index (χ4n) is 2.82. The van der Waals surface area contributed by atoms with Crippen molar-refractivity contribution in [2.45, 2.75) is 19.3 Å². The van der Waals surface area contributed by atoms with Gasteiger partial charge in [0.25, 0.3) is 0 Å². The van der Waals surface area contributed by atoms with Crippen LogP contribution in [0.15, 0.2) is 29.9 Å². The Kier molecular flexibility index (Phi) is 3.04. The summed E-state index contributed by atoms with van der Waals surface area (Å²) < 4.78 is 0. The number of aromatic amines is 1. The lowest BCUT2D eigenvalue weighted by atomic mass is 10.0. The number of pyridine rings is 1. The van der Waals surface area contributed by atoms with E-state index in [1.54, 1.807) is 5.38 Å². The van der Waals surface area contributed by atoms with E-state index in [2.05, 4.69) is 27.1 Å². The average Bonchev–Trinajstić information content (AvgIpc) is 3.25. The molecule has 0 saturated carbocycles. The summed E-state index contributed by atoms with van der Waals surface area (Å²) in [7, 11) is 0. The normalized spacial score (nSPS) is 14.5. The van der Waals surface area contributed by atoms with Crippen molar-refractivity contribution >= 4 is 33.9 Å². The lowest BCUT2D eigenvalue weighted by molar-refractivity contribution is 0.0696. The Morgan fingerprint density at radius 1 is 1.41 bits per heavy atom. The molecular formula is C16H13N3O2S. The highest BCUT2D eigenvalue weighted by atomic mass is 32.1. The van der Waals surface area contributed by atoms with Crippen molar-refractivity contribution in [2.75, 3.05) is 0 Å². The third-order valence-corrected chi connectivity index (χ3v) is 4.74. The van der Waals surface area contributed by atoms with E-state index in [4.69, 9.17) is 5.11 Å². The van der Waals surface area contributed by atoms with Crippen molar-refractivity contribution < 1.29 is 9.90 Å². The summed E-state index contributed by atoms with van der Waals surface area (Å²) in [5.41, 5.74) is 4.84. The van der Waals surface area contributed by atoms with E-state index in [1.807, 2.05) is 12.4 Å². The highest BCUT2D eigenvalue weighted by Crippen LogP contribution is 2.33. The summed E-state index contributed by atoms with van der Waals surface area (Å²) in [6.45, 7) is 0. The van der Waals surface area contributed by atoms with Crippen LogP contribution in [-0.2, 0) is 0 Å². The SMILES string of the molecule is O=C(O)c1nc(-c2c[nH]c3ncc(C4=CCCC4)cc23)cs1. The number of aromatic nitrogens is 3. The van der Waals surface area contributed by atoms with Crippen molar-refractivity contribution in [1.82, 2.24) is 15.0 Å². The van der Waals surface area contributed by atoms with Crippen LogP contribution < -0.4 is 0 Å². The molecule has 6 heteroatoms. The van der Waals surface area contributed by atoms with Crippen LogP contribution in [0.3, 0.4) is 0 Å². The molecule has 0 aliphatic heterocycles. The number of carboxylic acids is 1. The van der Waals surface area contributed by atoms with Crippen LogP contribution in [0.25, 0.3) is 27.9 Å². The van der Waals surface area contributed by atoms with Crippen molar-refractivity contribution in [2.24, 2.45) is 0 Å². The zero-order valence-corrected chi connectivity index (χ0v) is 12.5. The van der Waals surface area contributed by atoms with Crippen LogP contribution in [0, 0.1) is 0 Å². The largest absolute Gasteiger partial charge is 0.476 e. The van der Waals surface area contributed by atoms with Crippen LogP contribution in [0.5, 0.6) is 0 Å². The van der Waals surface area contributed by atoms with Gasteiger partial charge < -0.3 is 10.1 Å². The number of hydrogen-bond donors (Lipinski definition) is 2. The van der Waals surface area contributed by atoms with Gasteiger partial charge in [-0.2, -0.15) is 0 Å². The van der Waals surface area contributed by atoms with Gasteiger partial charge in [0, 0.05) is 28.7 Å². The summed E-state index contributed by atoms with van der Waals surface area (Å²) in [6, 6.07) is 2.12. The molecule has 0 atom stereocenters. The van der Waals surface area contributed by atoms with E-state index >= 15 is 0 Å². The molecule has 0 radical (unpaired) electrons. The third kappa shape index (κ3) is 2.12. The van der Waals surface area contributed by atoms with Crippen molar-refractivity contribution in [3.8, 4) is 11.3 Å². The Bertz CT molecular complexity index is 907. The topological polar surface area (TPSA) is 78.9 Å². The average molecular weight is 311 g/mol. The number of nitrogens with one attached hydrogen (secondary N) is 1. The molecule has 0 unspecified atom stereocenters. The van der Waals surface area contributed by atoms with Crippen molar-refractivity contribution in [3.63, 3.8) is 0 Å². The maximum absolute atomic E-state index is 11.0. The molecule has 1 aliphatic rings. The second kappa shape index (κ2) is 5.06. The third-order valence-electron chi connectivity index (χ3n) is 3.91. The summed E-state index contributed by atoms with van der Waals surface area (Å²) >= 11 is 1.14. The maximum Gasteiger partial charge on any atom is 0.365 e. The second-order valence-electron chi connectivity index (χ2n) is 5.29. The zero-order chi connectivity index (χ0) is 15.1. The Balaban J connectivity index is 1.83. The van der Waals surface area contributed by atoms with Gasteiger partial charge in [-0.3, -0.25) is 0 Å². The van der Waals surface area contributed by atoms with Gasteiger partial charge in [-0.1, -0.05) is 6.08 Å². The Labute approximate surface area is 130 Å². The molecule has 22 heavy (non-hydrogen) atoms. The molecule has 3 aromatic rings. The molecule has 0 amide bonds. The molecule has 0 saturated heterocycles. The van der Waals surface area contributed by atoms with E-state index < -0.39 is 5.97 Å². The van der Waals surface area contributed by atoms with Crippen LogP contribution in [0.2, 0.25) is 0 Å². The number of allylic oxidation sites excluding steroid dienone is 2. The van der Waals surface area contributed by atoms with E-state index in [0.29, 0.717) is 5.69 Å². The lowest BCUT2D eigenvalue weighted by Gasteiger charge is -2.02. The number of hydrogen-bond acceptors (Lipinski definition) is 4. The number of carboxylic acid groups (broad SMARTS) is 1. The molecule has 0 bridgehead atoms. The highest BCUT2D eigenvalue weighted by Gasteiger charge is 2.15. The summed E-state index contributed by atoms with van der Waals surface area (Å²) in [5.74, 6) is -0.994. The number of carbonyl (C=O) groups is 1. The fraction of sp³-hybridized carbons (Fsp3) is 0.188. The van der Waals surface area contributed by atoms with Gasteiger partial charge in [0.15, 0.2) is 0 Å². The first-order valence-electron chi connectivity index (χ1n) is 7.08. The van der Waals surface area contributed by atoms with Crippen LogP contribution in [0.1, 0.15) is 34.6 Å². The number of nitrogens with zero attached hydrogens (tertiary/aromatic N) is 2. The molecule has 4 rings (SSSR count). The minimum Gasteiger partial charge on any atom is -0.476 e. The van der Waals surface area contributed by atoms with Crippen molar-refractivity contribution in [1.29, 1.82) is 0 Å². The first kappa shape index (κ1) is 13.2. The first-order chi connectivity index (χ1) is 10.7. The number of H-pyrrole nitrogens is 1. The molecule has 110 valence electrons. The quantitative estimate of drug-likeness (QED) is 0.767. The Morgan fingerprint density at radius 3 is 3.05 bits per heavy atom. The standard InChI is InChI=1S/C16H13N3O2S/c20-16(21)15-19-13(8-22-15)12-7-18-14-11(12)5-10(6-17-14)9-3-1-2-4-9/h3,5-8H,1-2,4H2,(H,17,18)(H,20,21). The lowest BCUT2D eigenvalue weighted by Crippen LogP contribution is -1.94. The smallest absolute Gasteiger partial charge is 0.365 e. The fourth-order valence-corrected chi connectivity index (χ4v) is 3.47. The molecule has 5 nitrogen and oxygen atoms in total. The van der Waals surface area contributed by atoms with E-state index in [-0.39, 0.29) is 5.01 Å². The molecule has 3 heterocycles. The Morgan fingerprint density at radius 2 is 2.32 bits per heavy atom. The number of rotatable bonds is 3. The van der Waals surface area contributed by atoms with Crippen LogP contribution >= 0.6 is 11.3 Å². The number of aromatic carboxylic acids is 1. The molecule has 0 fully saturated rings. The molecule has 3 aromatic heterocycles. The number of fused-ring (bicyclic) bond motifs is 1. The molecular weight excluding hydrogens is 298 g/mol. The monoisotopic (exact) mass is 311 g/mol. The van der Waals surface area contributed by atoms with Gasteiger partial charge in [0.2, 0.25) is 5.01 Å². The minimum atomic E-state index is -0.994. The van der Waals surface area contributed by atoms with Crippen molar-refractivity contribution in [3.05, 3.63) is 40.5 Å². The molecule has 1 aliphatic carbocycles. The zero-order valence-electron chi connectivity index (χ0n) is 11.7. The van der Waals surface area contributed by atoms with Gasteiger partial charge in [-0.05, 0) is 36.5 Å². The Hall–Kier alpha value is -2.47. The highest BCUT2D eigenvalue weighted by molar-refractivity contribution is 7.11. The molecule has 0 aromatic carbocycles. The maximum atomic E-state index is 11.0. The van der Waals surface area contributed by atoms with Gasteiger partial charge >= 0.3 is 5.97 Å². The first-order valence-corrected chi connectivity index (χ1v) is 7.96. The van der Waals surface area contributed by atoms with Gasteiger partial charge in [0.05, 0.1) is 5.69 Å². The van der Waals surface area contributed by atoms with Gasteiger partial charge in [0.1, 0.15) is 5.65 Å². The summed E-state index contributed by atoms with van der Waals surface area (Å²) in [6.07, 6.45) is 9.41. The molecule has 2 N–H and O–H groups in total. The second-order valence-corrected chi connectivity index (χ2v) is 6.15. The van der Waals surface area contributed by atoms with Crippen LogP contribution in [-0.4, -0.2) is 26.0 Å². The summed E-state index contributed by atoms with van der Waals surface area (Å²) in [4.78, 5) is 22.8. The predicted octanol–water partition coefficient (Wildman–Crippen LogP) is 3.95. The van der Waals surface area contributed by atoms with E-state index in [1.165, 1.54) is 12.0 Å². The van der Waals surface area contributed by atoms with Gasteiger partial charge in [-0.25, -0.2) is 14.8 Å². The van der Waals surface area contributed by atoms with Crippen LogP contribution in [0.4, 0.5) is 0 Å². The van der Waals surface area contributed by atoms with E-state index in [9.17, 15) is 4.79 Å². The summed E-state index contributed by atoms with van der Waals surface area (Å²) in [5, 5.41) is 11.9. The predicted molar refractivity (Wildman–Crippen MR) is 86.0 cm³/mol. The van der Waals surface area contributed by atoms with E-state index in [0.717, 1.165) is 46.3 Å².